The van der Waals surface area contributed by atoms with Gasteiger partial charge in [0.2, 0.25) is 0 Å². The first kappa shape index (κ1) is 13.4. The summed E-state index contributed by atoms with van der Waals surface area (Å²) in [6.07, 6.45) is 5.43. The average molecular weight is 270 g/mol. The predicted molar refractivity (Wildman–Crippen MR) is 76.4 cm³/mol. The van der Waals surface area contributed by atoms with Crippen molar-refractivity contribution in [2.75, 3.05) is 0 Å². The van der Waals surface area contributed by atoms with Gasteiger partial charge in [-0.3, -0.25) is 0 Å². The molecule has 2 rings (SSSR count). The van der Waals surface area contributed by atoms with Crippen molar-refractivity contribution in [3.05, 3.63) is 65.7 Å². The molecule has 0 aliphatic heterocycles. The van der Waals surface area contributed by atoms with Crippen molar-refractivity contribution in [2.24, 2.45) is 0 Å². The van der Waals surface area contributed by atoms with Gasteiger partial charge in [-0.05, 0) is 24.6 Å². The van der Waals surface area contributed by atoms with Crippen LogP contribution in [0.1, 0.15) is 16.4 Å². The molecule has 0 fully saturated rings. The van der Waals surface area contributed by atoms with E-state index in [1.807, 2.05) is 13.0 Å². The maximum atomic E-state index is 12.5. The van der Waals surface area contributed by atoms with Crippen LogP contribution in [0.15, 0.2) is 59.5 Å². The van der Waals surface area contributed by atoms with Crippen molar-refractivity contribution >= 4 is 9.84 Å². The molecule has 2 aromatic carbocycles. The summed E-state index contributed by atoms with van der Waals surface area (Å²) in [5.41, 5.74) is 1.63. The van der Waals surface area contributed by atoms with Crippen molar-refractivity contribution in [2.45, 2.75) is 17.1 Å². The van der Waals surface area contributed by atoms with Gasteiger partial charge in [-0.1, -0.05) is 53.9 Å². The first-order chi connectivity index (χ1) is 9.05. The van der Waals surface area contributed by atoms with Crippen LogP contribution in [0.2, 0.25) is 0 Å². The zero-order chi connectivity index (χ0) is 13.9. The SMILES string of the molecule is C#CC(c1ccccc1)S(=O)(=O)c1ccc(C)cc1. The quantitative estimate of drug-likeness (QED) is 0.803. The minimum absolute atomic E-state index is 0.255. The predicted octanol–water partition coefficient (Wildman–Crippen LogP) is 3.14. The number of benzene rings is 2. The highest BCUT2D eigenvalue weighted by Crippen LogP contribution is 2.28. The Hall–Kier alpha value is -2.05. The average Bonchev–Trinajstić information content (AvgIpc) is 2.41. The lowest BCUT2D eigenvalue weighted by Gasteiger charge is -2.12. The van der Waals surface area contributed by atoms with Crippen LogP contribution in [0.25, 0.3) is 0 Å². The van der Waals surface area contributed by atoms with Crippen molar-refractivity contribution < 1.29 is 8.42 Å². The zero-order valence-corrected chi connectivity index (χ0v) is 11.4. The second-order valence-corrected chi connectivity index (χ2v) is 6.35. The Labute approximate surface area is 114 Å². The van der Waals surface area contributed by atoms with Crippen LogP contribution in [0.5, 0.6) is 0 Å². The second kappa shape index (κ2) is 5.29. The molecule has 0 radical (unpaired) electrons. The third-order valence-electron chi connectivity index (χ3n) is 2.91. The molecule has 2 aromatic rings. The lowest BCUT2D eigenvalue weighted by atomic mass is 10.2. The molecule has 0 saturated heterocycles. The van der Waals surface area contributed by atoms with E-state index in [1.54, 1.807) is 48.5 Å². The van der Waals surface area contributed by atoms with Crippen LogP contribution in [0.4, 0.5) is 0 Å². The summed E-state index contributed by atoms with van der Waals surface area (Å²) in [6, 6.07) is 15.6. The maximum Gasteiger partial charge on any atom is 0.196 e. The van der Waals surface area contributed by atoms with E-state index in [9.17, 15) is 8.42 Å². The van der Waals surface area contributed by atoms with Gasteiger partial charge < -0.3 is 0 Å². The topological polar surface area (TPSA) is 34.1 Å². The van der Waals surface area contributed by atoms with Gasteiger partial charge in [-0.2, -0.15) is 0 Å². The summed E-state index contributed by atoms with van der Waals surface area (Å²) in [5.74, 6) is 2.38. The summed E-state index contributed by atoms with van der Waals surface area (Å²) < 4.78 is 25.1. The highest BCUT2D eigenvalue weighted by atomic mass is 32.2. The smallest absolute Gasteiger partial charge is 0.196 e. The molecule has 0 aromatic heterocycles. The molecule has 0 N–H and O–H groups in total. The van der Waals surface area contributed by atoms with Crippen molar-refractivity contribution in [3.8, 4) is 12.3 Å². The van der Waals surface area contributed by atoms with Crippen LogP contribution in [0.3, 0.4) is 0 Å². The van der Waals surface area contributed by atoms with E-state index in [1.165, 1.54) is 0 Å². The van der Waals surface area contributed by atoms with E-state index in [0.29, 0.717) is 5.56 Å². The molecular formula is C16H14O2S. The molecule has 0 amide bonds. The van der Waals surface area contributed by atoms with E-state index in [2.05, 4.69) is 5.92 Å². The molecule has 19 heavy (non-hydrogen) atoms. The molecule has 3 heteroatoms. The number of hydrogen-bond donors (Lipinski definition) is 0. The van der Waals surface area contributed by atoms with Crippen LogP contribution in [0, 0.1) is 19.3 Å². The van der Waals surface area contributed by atoms with Crippen LogP contribution < -0.4 is 0 Å². The molecule has 0 bridgehead atoms. The van der Waals surface area contributed by atoms with Crippen molar-refractivity contribution in [3.63, 3.8) is 0 Å². The zero-order valence-electron chi connectivity index (χ0n) is 10.6. The Balaban J connectivity index is 2.49. The molecule has 2 nitrogen and oxygen atoms in total. The number of aryl methyl sites for hydroxylation is 1. The fourth-order valence-electron chi connectivity index (χ4n) is 1.86. The third kappa shape index (κ3) is 2.69. The fourth-order valence-corrected chi connectivity index (χ4v) is 3.34. The van der Waals surface area contributed by atoms with Gasteiger partial charge in [0.25, 0.3) is 0 Å². The first-order valence-electron chi connectivity index (χ1n) is 5.87. The minimum Gasteiger partial charge on any atom is -0.222 e. The van der Waals surface area contributed by atoms with Crippen LogP contribution in [-0.2, 0) is 9.84 Å². The Morgan fingerprint density at radius 2 is 1.58 bits per heavy atom. The summed E-state index contributed by atoms with van der Waals surface area (Å²) in [6.45, 7) is 1.91. The van der Waals surface area contributed by atoms with Gasteiger partial charge in [-0.15, -0.1) is 6.42 Å². The summed E-state index contributed by atoms with van der Waals surface area (Å²) in [5, 5.41) is -0.948. The van der Waals surface area contributed by atoms with Crippen molar-refractivity contribution in [1.29, 1.82) is 0 Å². The van der Waals surface area contributed by atoms with E-state index in [-0.39, 0.29) is 4.90 Å². The normalized spacial score (nSPS) is 12.6. The van der Waals surface area contributed by atoms with E-state index < -0.39 is 15.1 Å². The van der Waals surface area contributed by atoms with Crippen LogP contribution in [-0.4, -0.2) is 8.42 Å². The lowest BCUT2D eigenvalue weighted by Crippen LogP contribution is -2.12. The summed E-state index contributed by atoms with van der Waals surface area (Å²) >= 11 is 0. The van der Waals surface area contributed by atoms with E-state index >= 15 is 0 Å². The largest absolute Gasteiger partial charge is 0.222 e. The maximum absolute atomic E-state index is 12.5. The lowest BCUT2D eigenvalue weighted by molar-refractivity contribution is 0.591. The van der Waals surface area contributed by atoms with E-state index in [4.69, 9.17) is 6.42 Å². The standard InChI is InChI=1S/C16H14O2S/c1-3-16(14-7-5-4-6-8-14)19(17,18)15-11-9-13(2)10-12-15/h1,4-12,16H,2H3. The third-order valence-corrected chi connectivity index (χ3v) is 4.87. The Kier molecular flexibility index (Phi) is 3.73. The second-order valence-electron chi connectivity index (χ2n) is 4.32. The molecule has 0 heterocycles. The minimum atomic E-state index is -3.56. The number of sulfone groups is 1. The number of rotatable bonds is 3. The van der Waals surface area contributed by atoms with Gasteiger partial charge >= 0.3 is 0 Å². The molecular weight excluding hydrogens is 256 g/mol. The highest BCUT2D eigenvalue weighted by molar-refractivity contribution is 7.92. The molecule has 0 aliphatic carbocycles. The molecule has 0 aliphatic rings. The van der Waals surface area contributed by atoms with E-state index in [0.717, 1.165) is 5.56 Å². The van der Waals surface area contributed by atoms with Gasteiger partial charge in [0.05, 0.1) is 4.90 Å². The Bertz CT molecular complexity index is 693. The van der Waals surface area contributed by atoms with Crippen LogP contribution >= 0.6 is 0 Å². The number of terminal acetylenes is 1. The molecule has 1 atom stereocenters. The van der Waals surface area contributed by atoms with Gasteiger partial charge in [0.15, 0.2) is 15.1 Å². The molecule has 1 unspecified atom stereocenters. The summed E-state index contributed by atoms with van der Waals surface area (Å²) in [7, 11) is -3.56. The first-order valence-corrected chi connectivity index (χ1v) is 7.42. The monoisotopic (exact) mass is 270 g/mol. The Morgan fingerprint density at radius 1 is 1.00 bits per heavy atom. The van der Waals surface area contributed by atoms with Crippen molar-refractivity contribution in [1.82, 2.24) is 0 Å². The summed E-state index contributed by atoms with van der Waals surface area (Å²) in [4.78, 5) is 0.255. The Morgan fingerprint density at radius 3 is 2.11 bits per heavy atom. The van der Waals surface area contributed by atoms with Gasteiger partial charge in [0, 0.05) is 0 Å². The van der Waals surface area contributed by atoms with Gasteiger partial charge in [0.1, 0.15) is 0 Å². The van der Waals surface area contributed by atoms with Gasteiger partial charge in [-0.25, -0.2) is 8.42 Å². The fraction of sp³-hybridized carbons (Fsp3) is 0.125. The number of hydrogen-bond acceptors (Lipinski definition) is 2. The molecule has 0 saturated carbocycles. The highest BCUT2D eigenvalue weighted by Gasteiger charge is 2.26. The molecule has 0 spiro atoms. The molecule has 96 valence electrons.